The summed E-state index contributed by atoms with van der Waals surface area (Å²) in [6.07, 6.45) is 5.78. The van der Waals surface area contributed by atoms with Gasteiger partial charge in [-0.1, -0.05) is 30.7 Å². The first-order chi connectivity index (χ1) is 15.2. The highest BCUT2D eigenvalue weighted by molar-refractivity contribution is 6.30. The Kier molecular flexibility index (Phi) is 6.52. The van der Waals surface area contributed by atoms with Gasteiger partial charge in [-0.15, -0.1) is 0 Å². The minimum absolute atomic E-state index is 0.0610. The van der Waals surface area contributed by atoms with E-state index in [2.05, 4.69) is 10.3 Å². The van der Waals surface area contributed by atoms with E-state index in [9.17, 15) is 9.18 Å². The third-order valence-electron chi connectivity index (χ3n) is 7.07. The van der Waals surface area contributed by atoms with Crippen molar-refractivity contribution in [3.05, 3.63) is 76.7 Å². The number of carbonyl (C=O) groups is 1. The molecule has 32 heavy (non-hydrogen) atoms. The molecule has 1 amide bonds. The summed E-state index contributed by atoms with van der Waals surface area (Å²) in [5, 5.41) is 4.83. The lowest BCUT2D eigenvalue weighted by Gasteiger charge is -2.34. The summed E-state index contributed by atoms with van der Waals surface area (Å²) >= 11 is 6.01. The summed E-state index contributed by atoms with van der Waals surface area (Å²) in [6.45, 7) is 6.08. The molecule has 0 saturated heterocycles. The van der Waals surface area contributed by atoms with Gasteiger partial charge in [0.2, 0.25) is 5.91 Å². The molecule has 1 aromatic heterocycles. The van der Waals surface area contributed by atoms with Crippen molar-refractivity contribution in [1.29, 1.82) is 0 Å². The van der Waals surface area contributed by atoms with Crippen molar-refractivity contribution in [2.75, 3.05) is 0 Å². The second kappa shape index (κ2) is 9.19. The fourth-order valence-electron chi connectivity index (χ4n) is 5.00. The molecule has 168 valence electrons. The molecule has 1 saturated carbocycles. The molecule has 1 aliphatic carbocycles. The van der Waals surface area contributed by atoms with Gasteiger partial charge in [-0.3, -0.25) is 9.78 Å². The number of fused-ring (bicyclic) bond motifs is 1. The van der Waals surface area contributed by atoms with E-state index in [1.165, 1.54) is 11.6 Å². The van der Waals surface area contributed by atoms with E-state index in [4.69, 9.17) is 11.6 Å². The average Bonchev–Trinajstić information content (AvgIpc) is 2.78. The standard InChI is InChI=1S/C27H30ClFN2O/c1-17(26(32)31-27(2,3)20-8-10-21(28)11-9-20)18-4-6-19(7-5-18)23-14-15-30-25-13-12-22(29)16-24(23)25/h8-19H,4-7H2,1-3H3,(H,31,32)/t17-,18?,19?/m1/s1. The third kappa shape index (κ3) is 4.80. The van der Waals surface area contributed by atoms with Crippen molar-refractivity contribution >= 4 is 28.4 Å². The van der Waals surface area contributed by atoms with Gasteiger partial charge in [-0.25, -0.2) is 4.39 Å². The number of nitrogens with one attached hydrogen (secondary N) is 1. The van der Waals surface area contributed by atoms with Crippen LogP contribution >= 0.6 is 11.6 Å². The maximum Gasteiger partial charge on any atom is 0.223 e. The number of halogens is 2. The maximum atomic E-state index is 13.8. The fourth-order valence-corrected chi connectivity index (χ4v) is 5.13. The van der Waals surface area contributed by atoms with Crippen LogP contribution in [0.2, 0.25) is 5.02 Å². The molecule has 0 aliphatic heterocycles. The molecule has 1 fully saturated rings. The molecule has 0 bridgehead atoms. The molecule has 1 N–H and O–H groups in total. The van der Waals surface area contributed by atoms with Crippen molar-refractivity contribution in [3.63, 3.8) is 0 Å². The smallest absolute Gasteiger partial charge is 0.223 e. The van der Waals surface area contributed by atoms with Crippen molar-refractivity contribution in [3.8, 4) is 0 Å². The number of pyridine rings is 1. The molecule has 0 radical (unpaired) electrons. The Hall–Kier alpha value is -2.46. The SMILES string of the molecule is C[C@@H](C(=O)NC(C)(C)c1ccc(Cl)cc1)C1CCC(c2ccnc3ccc(F)cc23)CC1. The summed E-state index contributed by atoms with van der Waals surface area (Å²) < 4.78 is 13.8. The van der Waals surface area contributed by atoms with Gasteiger partial charge in [0.25, 0.3) is 0 Å². The number of rotatable bonds is 5. The zero-order chi connectivity index (χ0) is 22.9. The zero-order valence-corrected chi connectivity index (χ0v) is 19.6. The molecule has 1 aliphatic rings. The van der Waals surface area contributed by atoms with Gasteiger partial charge >= 0.3 is 0 Å². The Balaban J connectivity index is 1.40. The van der Waals surface area contributed by atoms with Gasteiger partial charge in [-0.2, -0.15) is 0 Å². The number of carbonyl (C=O) groups excluding carboxylic acids is 1. The van der Waals surface area contributed by atoms with Crippen molar-refractivity contribution in [2.24, 2.45) is 11.8 Å². The lowest BCUT2D eigenvalue weighted by Crippen LogP contribution is -2.45. The summed E-state index contributed by atoms with van der Waals surface area (Å²) in [4.78, 5) is 17.5. The normalized spacial score (nSPS) is 20.2. The Bertz CT molecular complexity index is 1100. The predicted octanol–water partition coefficient (Wildman–Crippen LogP) is 6.99. The minimum atomic E-state index is -0.465. The largest absolute Gasteiger partial charge is 0.347 e. The minimum Gasteiger partial charge on any atom is -0.347 e. The number of nitrogens with zero attached hydrogens (tertiary/aromatic N) is 1. The third-order valence-corrected chi connectivity index (χ3v) is 7.32. The number of benzene rings is 2. The molecule has 0 spiro atoms. The van der Waals surface area contributed by atoms with Crippen LogP contribution in [-0.4, -0.2) is 10.9 Å². The number of hydrogen-bond acceptors (Lipinski definition) is 2. The molecule has 2 aromatic carbocycles. The molecular formula is C27H30ClFN2O. The highest BCUT2D eigenvalue weighted by atomic mass is 35.5. The van der Waals surface area contributed by atoms with E-state index in [0.29, 0.717) is 16.9 Å². The number of amides is 1. The first-order valence-electron chi connectivity index (χ1n) is 11.4. The Labute approximate surface area is 194 Å². The van der Waals surface area contributed by atoms with Gasteiger partial charge in [0.1, 0.15) is 5.82 Å². The van der Waals surface area contributed by atoms with Crippen molar-refractivity contribution < 1.29 is 9.18 Å². The van der Waals surface area contributed by atoms with E-state index in [1.54, 1.807) is 12.1 Å². The number of aromatic nitrogens is 1. The van der Waals surface area contributed by atoms with Crippen LogP contribution in [0.4, 0.5) is 4.39 Å². The lowest BCUT2D eigenvalue weighted by atomic mass is 9.73. The Morgan fingerprint density at radius 2 is 1.78 bits per heavy atom. The maximum absolute atomic E-state index is 13.8. The zero-order valence-electron chi connectivity index (χ0n) is 18.9. The molecule has 4 rings (SSSR count). The summed E-state index contributed by atoms with van der Waals surface area (Å²) in [5.74, 6) is 0.518. The molecule has 1 heterocycles. The summed E-state index contributed by atoms with van der Waals surface area (Å²) in [7, 11) is 0. The first-order valence-corrected chi connectivity index (χ1v) is 11.7. The van der Waals surface area contributed by atoms with E-state index < -0.39 is 5.54 Å². The lowest BCUT2D eigenvalue weighted by molar-refractivity contribution is -0.128. The van der Waals surface area contributed by atoms with Gasteiger partial charge in [0.15, 0.2) is 0 Å². The van der Waals surface area contributed by atoms with Crippen LogP contribution in [0.25, 0.3) is 10.9 Å². The molecular weight excluding hydrogens is 423 g/mol. The molecule has 1 atom stereocenters. The van der Waals surface area contributed by atoms with E-state index in [-0.39, 0.29) is 17.6 Å². The van der Waals surface area contributed by atoms with E-state index in [0.717, 1.165) is 42.1 Å². The topological polar surface area (TPSA) is 42.0 Å². The monoisotopic (exact) mass is 452 g/mol. The van der Waals surface area contributed by atoms with Crippen LogP contribution in [0.3, 0.4) is 0 Å². The molecule has 5 heteroatoms. The predicted molar refractivity (Wildman–Crippen MR) is 128 cm³/mol. The van der Waals surface area contributed by atoms with Gasteiger partial charge < -0.3 is 5.32 Å². The first kappa shape index (κ1) is 22.7. The van der Waals surface area contributed by atoms with Gasteiger partial charge in [0.05, 0.1) is 11.1 Å². The van der Waals surface area contributed by atoms with Crippen LogP contribution in [0.5, 0.6) is 0 Å². The average molecular weight is 453 g/mol. The highest BCUT2D eigenvalue weighted by Gasteiger charge is 2.33. The van der Waals surface area contributed by atoms with Crippen LogP contribution in [0, 0.1) is 17.7 Å². The second-order valence-electron chi connectivity index (χ2n) is 9.58. The summed E-state index contributed by atoms with van der Waals surface area (Å²) in [5.41, 5.74) is 2.58. The van der Waals surface area contributed by atoms with Gasteiger partial charge in [0, 0.05) is 22.5 Å². The van der Waals surface area contributed by atoms with E-state index >= 15 is 0 Å². The van der Waals surface area contributed by atoms with Crippen LogP contribution in [0.1, 0.15) is 63.5 Å². The van der Waals surface area contributed by atoms with Crippen LogP contribution < -0.4 is 5.32 Å². The van der Waals surface area contributed by atoms with Crippen molar-refractivity contribution in [2.45, 2.75) is 57.9 Å². The molecule has 3 nitrogen and oxygen atoms in total. The Morgan fingerprint density at radius 1 is 1.09 bits per heavy atom. The van der Waals surface area contributed by atoms with Gasteiger partial charge in [-0.05, 0) is 98.9 Å². The molecule has 0 unspecified atom stereocenters. The van der Waals surface area contributed by atoms with Crippen LogP contribution in [-0.2, 0) is 10.3 Å². The summed E-state index contributed by atoms with van der Waals surface area (Å²) in [6, 6.07) is 14.4. The molecule has 3 aromatic rings. The van der Waals surface area contributed by atoms with Crippen LogP contribution in [0.15, 0.2) is 54.7 Å². The second-order valence-corrected chi connectivity index (χ2v) is 10.0. The van der Waals surface area contributed by atoms with E-state index in [1.807, 2.05) is 57.3 Å². The van der Waals surface area contributed by atoms with Crippen molar-refractivity contribution in [1.82, 2.24) is 10.3 Å². The Morgan fingerprint density at radius 3 is 2.47 bits per heavy atom. The fraction of sp³-hybridized carbons (Fsp3) is 0.407. The quantitative estimate of drug-likeness (QED) is 0.453. The highest BCUT2D eigenvalue weighted by Crippen LogP contribution is 2.41. The number of hydrogen-bond donors (Lipinski definition) is 1.